The van der Waals surface area contributed by atoms with E-state index < -0.39 is 0 Å². The van der Waals surface area contributed by atoms with Crippen LogP contribution in [0.15, 0.2) is 65.9 Å². The van der Waals surface area contributed by atoms with Gasteiger partial charge in [-0.3, -0.25) is 0 Å². The molecule has 2 aliphatic heterocycles. The second-order valence-electron chi connectivity index (χ2n) is 9.15. The Morgan fingerprint density at radius 3 is 2.43 bits per heavy atom. The van der Waals surface area contributed by atoms with Gasteiger partial charge in [-0.25, -0.2) is 0 Å². The van der Waals surface area contributed by atoms with Gasteiger partial charge in [-0.15, -0.1) is 6.58 Å². The molecule has 1 nitrogen and oxygen atoms in total. The molecule has 0 aliphatic carbocycles. The molecule has 2 heterocycles. The van der Waals surface area contributed by atoms with Gasteiger partial charge in [0.05, 0.1) is 6.04 Å². The molecule has 1 aromatic carbocycles. The number of benzene rings is 1. The Kier molecular flexibility index (Phi) is 6.91. The standard InChI is InChI=1S/C29H39N/c1-9-12-24-15-25(21(6)14-20(24)5)16-26-18-30-23(8)27(13-10-2)28(19(4)11-3)17-29(30)22(26)7/h11,14-16,19,29H,3,7-10,12-13,17-18H2,1-2,4-6H3/b26-16-. The SMILES string of the molecule is C=CC(C)C1=C(CCC)C(=C)N2C/C(=C/c3cc(CCC)c(C)cc3C)C(=C)C2C1. The molecule has 0 N–H and O–H groups in total. The fourth-order valence-corrected chi connectivity index (χ4v) is 5.10. The van der Waals surface area contributed by atoms with E-state index in [1.54, 1.807) is 0 Å². The Bertz CT molecular complexity index is 924. The number of rotatable bonds is 7. The maximum absolute atomic E-state index is 4.55. The minimum atomic E-state index is 0.336. The quantitative estimate of drug-likeness (QED) is 0.423. The van der Waals surface area contributed by atoms with E-state index in [2.05, 4.69) is 83.5 Å². The molecule has 0 amide bonds. The molecule has 3 rings (SSSR count). The van der Waals surface area contributed by atoms with Crippen molar-refractivity contribution in [3.8, 4) is 0 Å². The molecule has 0 saturated carbocycles. The predicted octanol–water partition coefficient (Wildman–Crippen LogP) is 7.72. The Morgan fingerprint density at radius 1 is 1.10 bits per heavy atom. The zero-order chi connectivity index (χ0) is 22.0. The normalized spacial score (nSPS) is 21.4. The topological polar surface area (TPSA) is 3.24 Å². The van der Waals surface area contributed by atoms with Crippen LogP contribution >= 0.6 is 0 Å². The first kappa shape index (κ1) is 22.4. The summed E-state index contributed by atoms with van der Waals surface area (Å²) in [6.07, 6.45) is 10.1. The zero-order valence-corrected chi connectivity index (χ0v) is 19.8. The maximum atomic E-state index is 4.55. The van der Waals surface area contributed by atoms with Gasteiger partial charge in [0.2, 0.25) is 0 Å². The van der Waals surface area contributed by atoms with E-state index in [9.17, 15) is 0 Å². The summed E-state index contributed by atoms with van der Waals surface area (Å²) >= 11 is 0. The van der Waals surface area contributed by atoms with E-state index in [4.69, 9.17) is 0 Å². The van der Waals surface area contributed by atoms with Crippen LogP contribution in [0.3, 0.4) is 0 Å². The van der Waals surface area contributed by atoms with Crippen LogP contribution in [0.1, 0.15) is 68.7 Å². The van der Waals surface area contributed by atoms with Crippen LogP contribution in [0.5, 0.6) is 0 Å². The average Bonchev–Trinajstić information content (AvgIpc) is 3.03. The average molecular weight is 402 g/mol. The summed E-state index contributed by atoms with van der Waals surface area (Å²) < 4.78 is 0. The molecule has 2 aliphatic rings. The van der Waals surface area contributed by atoms with Crippen LogP contribution in [-0.4, -0.2) is 17.5 Å². The predicted molar refractivity (Wildman–Crippen MR) is 133 cm³/mol. The lowest BCUT2D eigenvalue weighted by Gasteiger charge is -2.38. The Labute approximate surface area is 184 Å². The highest BCUT2D eigenvalue weighted by Crippen LogP contribution is 2.44. The summed E-state index contributed by atoms with van der Waals surface area (Å²) in [5.74, 6) is 0.391. The zero-order valence-electron chi connectivity index (χ0n) is 19.8. The van der Waals surface area contributed by atoms with E-state index in [0.717, 1.165) is 32.2 Å². The molecular weight excluding hydrogens is 362 g/mol. The third-order valence-corrected chi connectivity index (χ3v) is 7.00. The van der Waals surface area contributed by atoms with Crippen molar-refractivity contribution in [3.05, 3.63) is 88.2 Å². The minimum Gasteiger partial charge on any atom is -0.360 e. The number of hydrogen-bond acceptors (Lipinski definition) is 1. The van der Waals surface area contributed by atoms with E-state index >= 15 is 0 Å². The summed E-state index contributed by atoms with van der Waals surface area (Å²) in [7, 11) is 0. The van der Waals surface area contributed by atoms with Crippen molar-refractivity contribution in [1.82, 2.24) is 4.90 Å². The first-order chi connectivity index (χ1) is 14.3. The summed E-state index contributed by atoms with van der Waals surface area (Å²) in [5.41, 5.74) is 12.3. The lowest BCUT2D eigenvalue weighted by Crippen LogP contribution is -2.35. The van der Waals surface area contributed by atoms with Crippen LogP contribution in [0.2, 0.25) is 0 Å². The summed E-state index contributed by atoms with van der Waals surface area (Å²) in [5, 5.41) is 0. The second-order valence-corrected chi connectivity index (χ2v) is 9.15. The van der Waals surface area contributed by atoms with Gasteiger partial charge in [0, 0.05) is 12.2 Å². The fourth-order valence-electron chi connectivity index (χ4n) is 5.10. The van der Waals surface area contributed by atoms with Crippen molar-refractivity contribution in [2.45, 2.75) is 72.8 Å². The van der Waals surface area contributed by atoms with Crippen molar-refractivity contribution in [2.75, 3.05) is 6.54 Å². The molecule has 2 atom stereocenters. The van der Waals surface area contributed by atoms with Gasteiger partial charge in [-0.2, -0.15) is 0 Å². The van der Waals surface area contributed by atoms with Gasteiger partial charge >= 0.3 is 0 Å². The third kappa shape index (κ3) is 4.13. The maximum Gasteiger partial charge on any atom is 0.0581 e. The summed E-state index contributed by atoms with van der Waals surface area (Å²) in [6.45, 7) is 25.3. The number of aryl methyl sites for hydroxylation is 3. The highest BCUT2D eigenvalue weighted by atomic mass is 15.2. The van der Waals surface area contributed by atoms with Crippen molar-refractivity contribution < 1.29 is 0 Å². The van der Waals surface area contributed by atoms with E-state index in [-0.39, 0.29) is 0 Å². The third-order valence-electron chi connectivity index (χ3n) is 7.00. The molecule has 0 radical (unpaired) electrons. The molecule has 1 fully saturated rings. The van der Waals surface area contributed by atoms with Crippen LogP contribution < -0.4 is 0 Å². The lowest BCUT2D eigenvalue weighted by atomic mass is 9.82. The van der Waals surface area contributed by atoms with Gasteiger partial charge in [0.15, 0.2) is 0 Å². The van der Waals surface area contributed by atoms with Gasteiger partial charge in [0.1, 0.15) is 0 Å². The molecule has 0 aromatic heterocycles. The van der Waals surface area contributed by atoms with Crippen molar-refractivity contribution in [3.63, 3.8) is 0 Å². The van der Waals surface area contributed by atoms with E-state index in [1.807, 2.05) is 0 Å². The number of hydrogen-bond donors (Lipinski definition) is 0. The molecule has 1 aromatic rings. The molecular formula is C29H39N. The number of allylic oxidation sites excluding steroid dienone is 2. The van der Waals surface area contributed by atoms with Crippen LogP contribution in [0.25, 0.3) is 6.08 Å². The highest BCUT2D eigenvalue weighted by molar-refractivity contribution is 5.66. The molecule has 1 heteroatoms. The van der Waals surface area contributed by atoms with Crippen molar-refractivity contribution in [2.24, 2.45) is 5.92 Å². The van der Waals surface area contributed by atoms with Crippen molar-refractivity contribution >= 4 is 6.08 Å². The smallest absolute Gasteiger partial charge is 0.0581 e. The minimum absolute atomic E-state index is 0.336. The van der Waals surface area contributed by atoms with E-state index in [1.165, 1.54) is 56.7 Å². The Hall–Kier alpha value is -2.28. The van der Waals surface area contributed by atoms with Gasteiger partial charge in [0.25, 0.3) is 0 Å². The second kappa shape index (κ2) is 9.25. The van der Waals surface area contributed by atoms with Crippen molar-refractivity contribution in [1.29, 1.82) is 0 Å². The van der Waals surface area contributed by atoms with Gasteiger partial charge in [-0.05, 0) is 84.1 Å². The Balaban J connectivity index is 1.96. The summed E-state index contributed by atoms with van der Waals surface area (Å²) in [4.78, 5) is 2.49. The van der Waals surface area contributed by atoms with Gasteiger partial charge in [-0.1, -0.05) is 70.6 Å². The number of nitrogens with zero attached hydrogens (tertiary/aromatic N) is 1. The lowest BCUT2D eigenvalue weighted by molar-refractivity contribution is 0.324. The summed E-state index contributed by atoms with van der Waals surface area (Å²) in [6, 6.07) is 5.07. The van der Waals surface area contributed by atoms with Crippen LogP contribution in [-0.2, 0) is 6.42 Å². The molecule has 0 spiro atoms. The highest BCUT2D eigenvalue weighted by Gasteiger charge is 2.38. The molecule has 2 unspecified atom stereocenters. The molecule has 30 heavy (non-hydrogen) atoms. The largest absolute Gasteiger partial charge is 0.360 e. The van der Waals surface area contributed by atoms with Crippen LogP contribution in [0, 0.1) is 19.8 Å². The molecule has 0 bridgehead atoms. The fraction of sp³-hybridized carbons (Fsp3) is 0.448. The van der Waals surface area contributed by atoms with E-state index in [0.29, 0.717) is 12.0 Å². The first-order valence-electron chi connectivity index (χ1n) is 11.6. The molecule has 1 saturated heterocycles. The first-order valence-corrected chi connectivity index (χ1v) is 11.6. The van der Waals surface area contributed by atoms with Gasteiger partial charge < -0.3 is 4.90 Å². The van der Waals surface area contributed by atoms with Crippen LogP contribution in [0.4, 0.5) is 0 Å². The number of fused-ring (bicyclic) bond motifs is 1. The molecule has 160 valence electrons. The Morgan fingerprint density at radius 2 is 1.80 bits per heavy atom. The monoisotopic (exact) mass is 401 g/mol.